The molecule has 0 N–H and O–H groups in total. The van der Waals surface area contributed by atoms with E-state index >= 15 is 4.57 Å². The lowest BCUT2D eigenvalue weighted by Gasteiger charge is -2.32. The smallest absolute Gasteiger partial charge is 0.248 e. The zero-order valence-electron chi connectivity index (χ0n) is 43.2. The molecule has 3 aromatic heterocycles. The van der Waals surface area contributed by atoms with Gasteiger partial charge >= 0.3 is 0 Å². The van der Waals surface area contributed by atoms with E-state index in [-0.39, 0.29) is 0 Å². The van der Waals surface area contributed by atoms with Crippen molar-refractivity contribution in [3.05, 3.63) is 274 Å². The molecule has 3 aliphatic rings. The summed E-state index contributed by atoms with van der Waals surface area (Å²) < 4.78 is 20.6. The highest BCUT2D eigenvalue weighted by molar-refractivity contribution is 7.86. The Labute approximate surface area is 453 Å². The Bertz CT molecular complexity index is 3830. The van der Waals surface area contributed by atoms with E-state index in [9.17, 15) is 0 Å². The topological polar surface area (TPSA) is 41.4 Å². The number of aromatic nitrogens is 2. The van der Waals surface area contributed by atoms with E-state index in [4.69, 9.17) is 4.98 Å². The van der Waals surface area contributed by atoms with Gasteiger partial charge in [0, 0.05) is 74.0 Å². The van der Waals surface area contributed by atoms with Crippen LogP contribution in [0.2, 0.25) is 0 Å². The van der Waals surface area contributed by atoms with Crippen LogP contribution in [0, 0.1) is 19.8 Å². The number of anilines is 6. The Hall–Kier alpha value is -7.93. The summed E-state index contributed by atoms with van der Waals surface area (Å²) in [5, 5.41) is 2.80. The minimum absolute atomic E-state index is 0.535. The molecule has 0 saturated heterocycles. The number of thiophene rings is 2. The molecule has 0 fully saturated rings. The molecule has 76 heavy (non-hydrogen) atoms. The number of nitrogens with zero attached hydrogens (tertiary/aromatic N) is 4. The van der Waals surface area contributed by atoms with E-state index in [1.54, 1.807) is 0 Å². The molecule has 4 heterocycles. The van der Waals surface area contributed by atoms with Gasteiger partial charge in [-0.3, -0.25) is 9.13 Å². The first kappa shape index (κ1) is 46.6. The van der Waals surface area contributed by atoms with Crippen LogP contribution < -0.4 is 25.7 Å². The standard InChI is InChI=1S/C68H54N4OPS2/c1-43-60(70(44(2)69-43)45-25-13-7-14-26-45)57-65-61(58-63(75-65)53-39-37-50(41-55(53)67(58,3)4)71(46-27-15-8-16-28-46)47-29-17-9-18-30-47)74(73,52-35-23-12-24-36-52)62-59-64(76-66(57)62)54-40-38-51(42-56(54)68(59,5)6)72(48-31-19-10-20-32-48)49-33-21-11-22-34-49/h7-42H,1-6H3/q+1. The van der Waals surface area contributed by atoms with Crippen LogP contribution in [0.1, 0.15) is 76.9 Å². The number of hydrogen-bond donors (Lipinski definition) is 0. The number of para-hydroxylation sites is 5. The van der Waals surface area contributed by atoms with Gasteiger partial charge in [-0.05, 0) is 126 Å². The van der Waals surface area contributed by atoms with Gasteiger partial charge in [-0.1, -0.05) is 149 Å². The molecule has 8 heteroatoms. The number of imidazole rings is 1. The third-order valence-corrected chi connectivity index (χ3v) is 22.1. The second-order valence-corrected chi connectivity index (χ2v) is 25.9. The summed E-state index contributed by atoms with van der Waals surface area (Å²) in [6.45, 7) is 13.7. The van der Waals surface area contributed by atoms with Crippen LogP contribution in [0.15, 0.2) is 218 Å². The van der Waals surface area contributed by atoms with Crippen molar-refractivity contribution < 1.29 is 4.57 Å². The zero-order valence-corrected chi connectivity index (χ0v) is 45.8. The average Bonchev–Trinajstić information content (AvgIpc) is 4.38. The van der Waals surface area contributed by atoms with Gasteiger partial charge in [-0.15, -0.1) is 22.7 Å². The largest absolute Gasteiger partial charge is 0.310 e. The van der Waals surface area contributed by atoms with Gasteiger partial charge in [-0.25, -0.2) is 0 Å². The Morgan fingerprint density at radius 3 is 1.24 bits per heavy atom. The molecule has 0 saturated carbocycles. The molecule has 1 aliphatic heterocycles. The third kappa shape index (κ3) is 6.72. The molecule has 0 unspecified atom stereocenters. The first-order valence-corrected chi connectivity index (χ1v) is 29.4. The summed E-state index contributed by atoms with van der Waals surface area (Å²) in [7, 11) is -3.71. The van der Waals surface area contributed by atoms with Crippen molar-refractivity contribution in [1.82, 2.24) is 9.55 Å². The molecule has 11 aromatic rings. The highest BCUT2D eigenvalue weighted by atomic mass is 32.1. The molecule has 2 aliphatic carbocycles. The predicted molar refractivity (Wildman–Crippen MR) is 320 cm³/mol. The minimum atomic E-state index is -3.71. The molecular formula is C68H54N4OPS2+. The zero-order chi connectivity index (χ0) is 51.7. The summed E-state index contributed by atoms with van der Waals surface area (Å²) in [6, 6.07) is 77.6. The van der Waals surface area contributed by atoms with Gasteiger partial charge in [0.25, 0.3) is 0 Å². The lowest BCUT2D eigenvalue weighted by molar-refractivity contribution is 0.589. The fraction of sp³-hybridized carbons (Fsp3) is 0.118. The highest BCUT2D eigenvalue weighted by Crippen LogP contribution is 2.67. The van der Waals surface area contributed by atoms with E-state index in [0.717, 1.165) is 99.7 Å². The molecule has 5 nitrogen and oxygen atoms in total. The molecule has 0 atom stereocenters. The lowest BCUT2D eigenvalue weighted by atomic mass is 9.81. The van der Waals surface area contributed by atoms with Gasteiger partial charge in [0.1, 0.15) is 37.8 Å². The van der Waals surface area contributed by atoms with Crippen LogP contribution in [0.5, 0.6) is 0 Å². The number of aryl methyl sites for hydroxylation is 2. The molecule has 368 valence electrons. The summed E-state index contributed by atoms with van der Waals surface area (Å²) in [4.78, 5) is 14.5. The summed E-state index contributed by atoms with van der Waals surface area (Å²) in [6.07, 6.45) is 0. The van der Waals surface area contributed by atoms with Crippen LogP contribution in [0.3, 0.4) is 0 Å². The first-order chi connectivity index (χ1) is 37.0. The molecule has 0 amide bonds. The van der Waals surface area contributed by atoms with Crippen LogP contribution in [-0.2, 0) is 15.4 Å². The number of benzene rings is 8. The summed E-state index contributed by atoms with van der Waals surface area (Å²) in [5.74, 6) is 2.04. The van der Waals surface area contributed by atoms with Crippen molar-refractivity contribution in [1.29, 1.82) is 0 Å². The summed E-state index contributed by atoms with van der Waals surface area (Å²) >= 11 is 3.65. The van der Waals surface area contributed by atoms with Gasteiger partial charge in [0.05, 0.1) is 9.75 Å². The van der Waals surface area contributed by atoms with Crippen molar-refractivity contribution in [3.63, 3.8) is 0 Å². The fourth-order valence-corrected chi connectivity index (χ4v) is 20.5. The Morgan fingerprint density at radius 2 is 0.842 bits per heavy atom. The van der Waals surface area contributed by atoms with Crippen LogP contribution in [0.25, 0.3) is 26.6 Å². The normalized spacial score (nSPS) is 14.8. The van der Waals surface area contributed by atoms with Crippen molar-refractivity contribution in [2.45, 2.75) is 52.4 Å². The highest BCUT2D eigenvalue weighted by Gasteiger charge is 2.62. The molecule has 0 radical (unpaired) electrons. The van der Waals surface area contributed by atoms with E-state index in [0.29, 0.717) is 0 Å². The van der Waals surface area contributed by atoms with E-state index < -0.39 is 18.0 Å². The maximum atomic E-state index is 18.3. The number of rotatable bonds is 9. The molecule has 8 aromatic carbocycles. The molecule has 14 rings (SSSR count). The predicted octanol–water partition coefficient (Wildman–Crippen LogP) is 17.1. The minimum Gasteiger partial charge on any atom is -0.310 e. The van der Waals surface area contributed by atoms with Crippen LogP contribution in [0.4, 0.5) is 34.1 Å². The Balaban J connectivity index is 1.04. The van der Waals surface area contributed by atoms with Crippen molar-refractivity contribution in [2.24, 2.45) is 0 Å². The monoisotopic (exact) mass is 1040 g/mol. The second-order valence-electron chi connectivity index (χ2n) is 21.3. The quantitative estimate of drug-likeness (QED) is 0.107. The van der Waals surface area contributed by atoms with Crippen LogP contribution in [-0.4, -0.2) is 9.55 Å². The van der Waals surface area contributed by atoms with E-state index in [1.807, 2.05) is 22.7 Å². The summed E-state index contributed by atoms with van der Waals surface area (Å²) in [5.41, 5.74) is 15.7. The Morgan fingerprint density at radius 1 is 0.474 bits per heavy atom. The fourth-order valence-electron chi connectivity index (χ4n) is 12.7. The van der Waals surface area contributed by atoms with Gasteiger partial charge in [0.15, 0.2) is 5.69 Å². The van der Waals surface area contributed by atoms with Gasteiger partial charge < -0.3 is 9.80 Å². The van der Waals surface area contributed by atoms with Gasteiger partial charge in [0.2, 0.25) is 7.14 Å². The second kappa shape index (κ2) is 17.3. The SMILES string of the molecule is Cc1nc(C)n(-c2ccccc2)c1[C+]1c2sc3c(c2P(=O)(c2ccccc2)c2c1sc1c2C(C)(C)c2cc(N(c4ccccc4)c4ccccc4)ccc2-1)C(C)(C)c1cc(N(c2ccccc2)c2ccccc2)ccc1-3. The molecular weight excluding hydrogens is 984 g/mol. The van der Waals surface area contributed by atoms with Crippen molar-refractivity contribution >= 4 is 79.9 Å². The first-order valence-electron chi connectivity index (χ1n) is 26.1. The third-order valence-electron chi connectivity index (χ3n) is 16.1. The number of fused-ring (bicyclic) bond motifs is 10. The van der Waals surface area contributed by atoms with E-state index in [1.165, 1.54) is 32.0 Å². The van der Waals surface area contributed by atoms with Crippen molar-refractivity contribution in [2.75, 3.05) is 9.80 Å². The van der Waals surface area contributed by atoms with Crippen molar-refractivity contribution in [3.8, 4) is 26.6 Å². The van der Waals surface area contributed by atoms with E-state index in [2.05, 4.69) is 274 Å². The van der Waals surface area contributed by atoms with Gasteiger partial charge in [-0.2, -0.15) is 4.98 Å². The lowest BCUT2D eigenvalue weighted by Crippen LogP contribution is -2.40. The molecule has 0 bridgehead atoms. The Kier molecular flexibility index (Phi) is 10.6. The number of hydrogen-bond acceptors (Lipinski definition) is 6. The maximum Gasteiger partial charge on any atom is 0.248 e. The maximum absolute atomic E-state index is 18.3. The van der Waals surface area contributed by atoms with Crippen LogP contribution >= 0.6 is 29.8 Å². The average molecular weight is 1040 g/mol. The molecule has 0 spiro atoms.